The van der Waals surface area contributed by atoms with E-state index in [4.69, 9.17) is 16.0 Å². The van der Waals surface area contributed by atoms with Gasteiger partial charge in [-0.3, -0.25) is 0 Å². The SMILES string of the molecule is CC(CCc1ccco1)NCc1c(O)cccc1Cl. The van der Waals surface area contributed by atoms with Gasteiger partial charge in [0.25, 0.3) is 0 Å². The van der Waals surface area contributed by atoms with E-state index in [0.29, 0.717) is 17.6 Å². The fourth-order valence-electron chi connectivity index (χ4n) is 1.91. The van der Waals surface area contributed by atoms with Crippen LogP contribution in [0.5, 0.6) is 5.75 Å². The normalized spacial score (nSPS) is 12.5. The molecular formula is C15H18ClNO2. The molecule has 0 aliphatic rings. The van der Waals surface area contributed by atoms with E-state index < -0.39 is 0 Å². The van der Waals surface area contributed by atoms with Gasteiger partial charge >= 0.3 is 0 Å². The fraction of sp³-hybridized carbons (Fsp3) is 0.333. The zero-order valence-corrected chi connectivity index (χ0v) is 11.7. The number of rotatable bonds is 6. The van der Waals surface area contributed by atoms with Gasteiger partial charge in [0.2, 0.25) is 0 Å². The van der Waals surface area contributed by atoms with Crippen molar-refractivity contribution in [2.75, 3.05) is 0 Å². The molecule has 2 N–H and O–H groups in total. The molecular weight excluding hydrogens is 262 g/mol. The van der Waals surface area contributed by atoms with Gasteiger partial charge in [0.15, 0.2) is 0 Å². The quantitative estimate of drug-likeness (QED) is 0.846. The van der Waals surface area contributed by atoms with Crippen LogP contribution in [-0.4, -0.2) is 11.1 Å². The average molecular weight is 280 g/mol. The van der Waals surface area contributed by atoms with E-state index in [1.165, 1.54) is 0 Å². The van der Waals surface area contributed by atoms with Gasteiger partial charge in [0, 0.05) is 29.6 Å². The molecule has 1 aromatic heterocycles. The van der Waals surface area contributed by atoms with Crippen LogP contribution in [0.2, 0.25) is 5.02 Å². The number of nitrogens with one attached hydrogen (secondary N) is 1. The van der Waals surface area contributed by atoms with Gasteiger partial charge in [0.05, 0.1) is 6.26 Å². The Morgan fingerprint density at radius 3 is 2.84 bits per heavy atom. The monoisotopic (exact) mass is 279 g/mol. The van der Waals surface area contributed by atoms with Crippen LogP contribution in [0.15, 0.2) is 41.0 Å². The summed E-state index contributed by atoms with van der Waals surface area (Å²) in [5.74, 6) is 1.23. The van der Waals surface area contributed by atoms with Crippen molar-refractivity contribution in [2.45, 2.75) is 32.4 Å². The van der Waals surface area contributed by atoms with Crippen LogP contribution in [-0.2, 0) is 13.0 Å². The second-order valence-electron chi connectivity index (χ2n) is 4.64. The summed E-state index contributed by atoms with van der Waals surface area (Å²) < 4.78 is 5.30. The Kier molecular flexibility index (Phi) is 4.88. The van der Waals surface area contributed by atoms with E-state index in [2.05, 4.69) is 12.2 Å². The van der Waals surface area contributed by atoms with Crippen LogP contribution in [0.3, 0.4) is 0 Å². The average Bonchev–Trinajstić information content (AvgIpc) is 2.89. The Morgan fingerprint density at radius 2 is 2.16 bits per heavy atom. The highest BCUT2D eigenvalue weighted by Gasteiger charge is 2.08. The maximum Gasteiger partial charge on any atom is 0.121 e. The summed E-state index contributed by atoms with van der Waals surface area (Å²) in [5.41, 5.74) is 0.744. The van der Waals surface area contributed by atoms with E-state index >= 15 is 0 Å². The third-order valence-electron chi connectivity index (χ3n) is 3.13. The van der Waals surface area contributed by atoms with Crippen molar-refractivity contribution >= 4 is 11.6 Å². The van der Waals surface area contributed by atoms with Crippen molar-refractivity contribution in [3.05, 3.63) is 52.9 Å². The first-order chi connectivity index (χ1) is 9.16. The van der Waals surface area contributed by atoms with Crippen molar-refractivity contribution in [1.29, 1.82) is 0 Å². The fourth-order valence-corrected chi connectivity index (χ4v) is 2.15. The molecule has 102 valence electrons. The maximum atomic E-state index is 9.74. The molecule has 0 radical (unpaired) electrons. The van der Waals surface area contributed by atoms with Crippen molar-refractivity contribution in [3.8, 4) is 5.75 Å². The van der Waals surface area contributed by atoms with Gasteiger partial charge in [-0.15, -0.1) is 0 Å². The first-order valence-electron chi connectivity index (χ1n) is 6.39. The Morgan fingerprint density at radius 1 is 1.32 bits per heavy atom. The molecule has 1 aromatic carbocycles. The summed E-state index contributed by atoms with van der Waals surface area (Å²) in [6.07, 6.45) is 3.56. The lowest BCUT2D eigenvalue weighted by Crippen LogP contribution is -2.26. The topological polar surface area (TPSA) is 45.4 Å². The predicted octanol–water partition coefficient (Wildman–Crippen LogP) is 3.75. The second kappa shape index (κ2) is 6.64. The molecule has 3 nitrogen and oxygen atoms in total. The third kappa shape index (κ3) is 4.01. The Balaban J connectivity index is 1.81. The second-order valence-corrected chi connectivity index (χ2v) is 5.04. The molecule has 0 amide bonds. The minimum atomic E-state index is 0.234. The minimum Gasteiger partial charge on any atom is -0.508 e. The molecule has 2 aromatic rings. The smallest absolute Gasteiger partial charge is 0.121 e. The molecule has 0 saturated heterocycles. The summed E-state index contributed by atoms with van der Waals surface area (Å²) >= 11 is 6.06. The van der Waals surface area contributed by atoms with Gasteiger partial charge in [-0.05, 0) is 37.6 Å². The van der Waals surface area contributed by atoms with Crippen LogP contribution in [0.4, 0.5) is 0 Å². The molecule has 0 spiro atoms. The van der Waals surface area contributed by atoms with Crippen LogP contribution >= 0.6 is 11.6 Å². The third-order valence-corrected chi connectivity index (χ3v) is 3.48. The number of phenolic OH excluding ortho intramolecular Hbond substituents is 1. The van der Waals surface area contributed by atoms with Gasteiger partial charge < -0.3 is 14.8 Å². The van der Waals surface area contributed by atoms with Crippen molar-refractivity contribution in [1.82, 2.24) is 5.32 Å². The molecule has 0 aliphatic carbocycles. The van der Waals surface area contributed by atoms with Crippen molar-refractivity contribution in [3.63, 3.8) is 0 Å². The molecule has 0 aliphatic heterocycles. The summed E-state index contributed by atoms with van der Waals surface area (Å²) in [7, 11) is 0. The summed E-state index contributed by atoms with van der Waals surface area (Å²) in [5, 5.41) is 13.7. The number of furan rings is 1. The van der Waals surface area contributed by atoms with E-state index in [9.17, 15) is 5.11 Å². The zero-order chi connectivity index (χ0) is 13.7. The van der Waals surface area contributed by atoms with E-state index in [1.54, 1.807) is 24.5 Å². The largest absolute Gasteiger partial charge is 0.508 e. The van der Waals surface area contributed by atoms with Gasteiger partial charge in [-0.2, -0.15) is 0 Å². The highest BCUT2D eigenvalue weighted by atomic mass is 35.5. The summed E-state index contributed by atoms with van der Waals surface area (Å²) in [4.78, 5) is 0. The molecule has 0 bridgehead atoms. The first kappa shape index (κ1) is 14.0. The van der Waals surface area contributed by atoms with E-state index in [-0.39, 0.29) is 5.75 Å². The van der Waals surface area contributed by atoms with Crippen LogP contribution in [0.25, 0.3) is 0 Å². The lowest BCUT2D eigenvalue weighted by Gasteiger charge is -2.14. The van der Waals surface area contributed by atoms with Gasteiger partial charge in [-0.25, -0.2) is 0 Å². The first-order valence-corrected chi connectivity index (χ1v) is 6.76. The Hall–Kier alpha value is -1.45. The number of hydrogen-bond donors (Lipinski definition) is 2. The number of benzene rings is 1. The molecule has 4 heteroatoms. The number of hydrogen-bond acceptors (Lipinski definition) is 3. The minimum absolute atomic E-state index is 0.234. The Labute approximate surface area is 118 Å². The van der Waals surface area contributed by atoms with Gasteiger partial charge in [-0.1, -0.05) is 17.7 Å². The number of halogens is 1. The van der Waals surface area contributed by atoms with Crippen molar-refractivity contribution < 1.29 is 9.52 Å². The number of phenols is 1. The summed E-state index contributed by atoms with van der Waals surface area (Å²) in [6, 6.07) is 9.37. The van der Waals surface area contributed by atoms with E-state index in [0.717, 1.165) is 24.2 Å². The lowest BCUT2D eigenvalue weighted by atomic mass is 10.1. The highest BCUT2D eigenvalue weighted by Crippen LogP contribution is 2.25. The molecule has 19 heavy (non-hydrogen) atoms. The molecule has 2 rings (SSSR count). The Bertz CT molecular complexity index is 491. The molecule has 1 unspecified atom stereocenters. The molecule has 0 saturated carbocycles. The van der Waals surface area contributed by atoms with Crippen LogP contribution in [0.1, 0.15) is 24.7 Å². The van der Waals surface area contributed by atoms with Crippen LogP contribution < -0.4 is 5.32 Å². The standard InChI is InChI=1S/C15H18ClNO2/c1-11(7-8-12-4-3-9-19-12)17-10-13-14(16)5-2-6-15(13)18/h2-6,9,11,17-18H,7-8,10H2,1H3. The zero-order valence-electron chi connectivity index (χ0n) is 10.9. The van der Waals surface area contributed by atoms with E-state index in [1.807, 2.05) is 12.1 Å². The van der Waals surface area contributed by atoms with Crippen LogP contribution in [0, 0.1) is 0 Å². The molecule has 1 heterocycles. The predicted molar refractivity (Wildman–Crippen MR) is 76.4 cm³/mol. The van der Waals surface area contributed by atoms with Gasteiger partial charge in [0.1, 0.15) is 11.5 Å². The highest BCUT2D eigenvalue weighted by molar-refractivity contribution is 6.31. The van der Waals surface area contributed by atoms with Crippen molar-refractivity contribution in [2.24, 2.45) is 0 Å². The molecule has 0 fully saturated rings. The number of aromatic hydroxyl groups is 1. The molecule has 1 atom stereocenters. The number of aryl methyl sites for hydroxylation is 1. The lowest BCUT2D eigenvalue weighted by molar-refractivity contribution is 0.444. The maximum absolute atomic E-state index is 9.74. The summed E-state index contributed by atoms with van der Waals surface area (Å²) in [6.45, 7) is 2.67.